The predicted octanol–water partition coefficient (Wildman–Crippen LogP) is 2.46. The van der Waals surface area contributed by atoms with Crippen LogP contribution in [-0.4, -0.2) is 28.0 Å². The molecule has 1 atom stereocenters. The summed E-state index contributed by atoms with van der Waals surface area (Å²) in [5, 5.41) is 3.46. The van der Waals surface area contributed by atoms with Gasteiger partial charge in [-0.25, -0.2) is 4.98 Å². The minimum absolute atomic E-state index is 0. The summed E-state index contributed by atoms with van der Waals surface area (Å²) in [6, 6.07) is 5.35. The van der Waals surface area contributed by atoms with E-state index in [2.05, 4.69) is 40.1 Å². The van der Waals surface area contributed by atoms with E-state index in [1.165, 1.54) is 10.9 Å². The smallest absolute Gasteiger partial charge is 0.261 e. The molecule has 6 nitrogen and oxygen atoms in total. The van der Waals surface area contributed by atoms with Crippen LogP contribution in [0.15, 0.2) is 33.8 Å². The van der Waals surface area contributed by atoms with Crippen LogP contribution in [-0.2, 0) is 11.3 Å². The maximum atomic E-state index is 12.5. The van der Waals surface area contributed by atoms with E-state index in [0.29, 0.717) is 29.9 Å². The Morgan fingerprint density at radius 2 is 2.12 bits per heavy atom. The average Bonchev–Trinajstić information content (AvgIpc) is 2.53. The number of amides is 1. The van der Waals surface area contributed by atoms with Gasteiger partial charge in [-0.3, -0.25) is 14.2 Å². The normalized spacial score (nSPS) is 12.0. The van der Waals surface area contributed by atoms with Gasteiger partial charge in [0, 0.05) is 30.0 Å². The summed E-state index contributed by atoms with van der Waals surface area (Å²) >= 11 is 3.36. The molecular weight excluding hydrogens is 408 g/mol. The van der Waals surface area contributed by atoms with E-state index < -0.39 is 0 Å². The number of benzene rings is 1. The number of aromatic nitrogens is 2. The number of aryl methyl sites for hydroxylation is 1. The molecule has 0 fully saturated rings. The fourth-order valence-corrected chi connectivity index (χ4v) is 2.96. The van der Waals surface area contributed by atoms with Gasteiger partial charge in [0.2, 0.25) is 5.91 Å². The molecule has 8 heteroatoms. The van der Waals surface area contributed by atoms with Crippen molar-refractivity contribution < 1.29 is 4.79 Å². The van der Waals surface area contributed by atoms with Crippen molar-refractivity contribution in [1.82, 2.24) is 14.9 Å². The van der Waals surface area contributed by atoms with Crippen LogP contribution >= 0.6 is 28.3 Å². The quantitative estimate of drug-likeness (QED) is 0.704. The summed E-state index contributed by atoms with van der Waals surface area (Å²) in [6.45, 7) is 4.88. The molecule has 0 saturated carbocycles. The highest BCUT2D eigenvalue weighted by Gasteiger charge is 2.13. The van der Waals surface area contributed by atoms with Crippen LogP contribution < -0.4 is 16.6 Å². The highest BCUT2D eigenvalue weighted by atomic mass is 79.9. The molecule has 1 unspecified atom stereocenters. The number of nitrogens with zero attached hydrogens (tertiary/aromatic N) is 2. The van der Waals surface area contributed by atoms with Crippen molar-refractivity contribution in [2.45, 2.75) is 39.3 Å². The lowest BCUT2D eigenvalue weighted by Crippen LogP contribution is -2.41. The zero-order valence-electron chi connectivity index (χ0n) is 14.4. The predicted molar refractivity (Wildman–Crippen MR) is 106 cm³/mol. The maximum absolute atomic E-state index is 12.5. The molecule has 1 heterocycles. The van der Waals surface area contributed by atoms with E-state index >= 15 is 0 Å². The van der Waals surface area contributed by atoms with Crippen LogP contribution in [0.4, 0.5) is 0 Å². The van der Waals surface area contributed by atoms with Crippen molar-refractivity contribution in [1.29, 1.82) is 0 Å². The number of nitrogens with two attached hydrogens (primary N) is 1. The lowest BCUT2D eigenvalue weighted by Gasteiger charge is -2.18. The summed E-state index contributed by atoms with van der Waals surface area (Å²) < 4.78 is 2.29. The second-order valence-electron chi connectivity index (χ2n) is 6.28. The van der Waals surface area contributed by atoms with Crippen molar-refractivity contribution in [2.24, 2.45) is 11.7 Å². The Balaban J connectivity index is 0.00000312. The molecule has 2 rings (SSSR count). The minimum Gasteiger partial charge on any atom is -0.352 e. The second-order valence-corrected chi connectivity index (χ2v) is 7.20. The highest BCUT2D eigenvalue weighted by Crippen LogP contribution is 2.14. The number of carbonyl (C=O) groups excluding carboxylic acids is 1. The lowest BCUT2D eigenvalue weighted by molar-refractivity contribution is -0.122. The molecule has 1 aromatic carbocycles. The van der Waals surface area contributed by atoms with Gasteiger partial charge in [0.25, 0.3) is 5.56 Å². The number of rotatable bonds is 7. The summed E-state index contributed by atoms with van der Waals surface area (Å²) in [7, 11) is 0. The first-order chi connectivity index (χ1) is 11.4. The van der Waals surface area contributed by atoms with Crippen LogP contribution in [0.3, 0.4) is 0 Å². The van der Waals surface area contributed by atoms with Gasteiger partial charge in [0.05, 0.1) is 17.2 Å². The Bertz CT molecular complexity index is 779. The first-order valence-electron chi connectivity index (χ1n) is 8.05. The van der Waals surface area contributed by atoms with E-state index in [1.807, 2.05) is 6.07 Å². The van der Waals surface area contributed by atoms with Gasteiger partial charge in [0.1, 0.15) is 0 Å². The Labute approximate surface area is 161 Å². The standard InChI is InChI=1S/C17H23BrN4O2.ClH/c1-11(2)7-13(9-19)21-16(23)5-6-22-10-20-15-4-3-12(18)8-14(15)17(22)24;/h3-4,8,10-11,13H,5-7,9,19H2,1-2H3,(H,21,23);1H. The Kier molecular flexibility index (Phi) is 8.55. The van der Waals surface area contributed by atoms with Crippen LogP contribution in [0.5, 0.6) is 0 Å². The molecule has 2 aromatic rings. The maximum Gasteiger partial charge on any atom is 0.261 e. The Morgan fingerprint density at radius 3 is 2.76 bits per heavy atom. The fourth-order valence-electron chi connectivity index (χ4n) is 2.60. The van der Waals surface area contributed by atoms with Gasteiger partial charge >= 0.3 is 0 Å². The van der Waals surface area contributed by atoms with Gasteiger partial charge in [-0.05, 0) is 30.5 Å². The summed E-state index contributed by atoms with van der Waals surface area (Å²) in [6.07, 6.45) is 2.55. The second kappa shape index (κ2) is 9.89. The molecule has 0 aliphatic heterocycles. The largest absolute Gasteiger partial charge is 0.352 e. The summed E-state index contributed by atoms with van der Waals surface area (Å²) in [5.74, 6) is 0.358. The van der Waals surface area contributed by atoms with Gasteiger partial charge in [-0.2, -0.15) is 0 Å². The Hall–Kier alpha value is -1.44. The van der Waals surface area contributed by atoms with Crippen molar-refractivity contribution in [3.8, 4) is 0 Å². The molecule has 0 bridgehead atoms. The molecule has 0 saturated heterocycles. The number of halogens is 2. The first-order valence-corrected chi connectivity index (χ1v) is 8.84. The third-order valence-electron chi connectivity index (χ3n) is 3.77. The number of carbonyl (C=O) groups is 1. The van der Waals surface area contributed by atoms with Crippen molar-refractivity contribution >= 4 is 45.1 Å². The van der Waals surface area contributed by atoms with E-state index in [1.54, 1.807) is 12.1 Å². The number of hydrogen-bond acceptors (Lipinski definition) is 4. The zero-order valence-corrected chi connectivity index (χ0v) is 16.8. The molecule has 3 N–H and O–H groups in total. The molecule has 25 heavy (non-hydrogen) atoms. The summed E-state index contributed by atoms with van der Waals surface area (Å²) in [5.41, 5.74) is 6.19. The van der Waals surface area contributed by atoms with Gasteiger partial charge in [0.15, 0.2) is 0 Å². The molecular formula is C17H24BrClN4O2. The van der Waals surface area contributed by atoms with E-state index in [-0.39, 0.29) is 36.3 Å². The third-order valence-corrected chi connectivity index (χ3v) is 4.26. The molecule has 0 aliphatic carbocycles. The van der Waals surface area contributed by atoms with Crippen molar-refractivity contribution in [3.05, 3.63) is 39.4 Å². The number of hydrogen-bond donors (Lipinski definition) is 2. The first kappa shape index (κ1) is 21.6. The highest BCUT2D eigenvalue weighted by molar-refractivity contribution is 9.10. The molecule has 0 spiro atoms. The van der Waals surface area contributed by atoms with Gasteiger partial charge in [-0.15, -0.1) is 12.4 Å². The third kappa shape index (κ3) is 6.09. The summed E-state index contributed by atoms with van der Waals surface area (Å²) in [4.78, 5) is 28.8. The zero-order chi connectivity index (χ0) is 17.7. The number of nitrogens with one attached hydrogen (secondary N) is 1. The topological polar surface area (TPSA) is 90.0 Å². The average molecular weight is 432 g/mol. The Morgan fingerprint density at radius 1 is 1.40 bits per heavy atom. The number of fused-ring (bicyclic) bond motifs is 1. The fraction of sp³-hybridized carbons (Fsp3) is 0.471. The molecule has 0 radical (unpaired) electrons. The van der Waals surface area contributed by atoms with Crippen molar-refractivity contribution in [2.75, 3.05) is 6.54 Å². The van der Waals surface area contributed by atoms with Gasteiger partial charge < -0.3 is 11.1 Å². The van der Waals surface area contributed by atoms with E-state index in [9.17, 15) is 9.59 Å². The van der Waals surface area contributed by atoms with Crippen LogP contribution in [0.25, 0.3) is 10.9 Å². The molecule has 1 aromatic heterocycles. The van der Waals surface area contributed by atoms with Crippen LogP contribution in [0, 0.1) is 5.92 Å². The van der Waals surface area contributed by atoms with E-state index in [4.69, 9.17) is 5.73 Å². The SMILES string of the molecule is CC(C)CC(CN)NC(=O)CCn1cnc2ccc(Br)cc2c1=O.Cl. The monoisotopic (exact) mass is 430 g/mol. The lowest BCUT2D eigenvalue weighted by atomic mass is 10.0. The van der Waals surface area contributed by atoms with E-state index in [0.717, 1.165) is 10.9 Å². The molecule has 1 amide bonds. The minimum atomic E-state index is -0.147. The molecule has 138 valence electrons. The molecule has 0 aliphatic rings. The van der Waals surface area contributed by atoms with Crippen molar-refractivity contribution in [3.63, 3.8) is 0 Å². The van der Waals surface area contributed by atoms with Crippen LogP contribution in [0.2, 0.25) is 0 Å². The van der Waals surface area contributed by atoms with Gasteiger partial charge in [-0.1, -0.05) is 29.8 Å². The van der Waals surface area contributed by atoms with Crippen LogP contribution in [0.1, 0.15) is 26.7 Å².